The second-order valence-corrected chi connectivity index (χ2v) is 8.71. The molecule has 5 rings (SSSR count). The van der Waals surface area contributed by atoms with Crippen molar-refractivity contribution in [3.8, 4) is 0 Å². The molecule has 178 valence electrons. The van der Waals surface area contributed by atoms with E-state index in [-0.39, 0.29) is 11.6 Å². The molecule has 1 N–H and O–H groups in total. The Morgan fingerprint density at radius 3 is 2.40 bits per heavy atom. The first-order chi connectivity index (χ1) is 16.7. The number of fused-ring (bicyclic) bond motifs is 2. The normalized spacial score (nSPS) is 18.0. The van der Waals surface area contributed by atoms with Crippen molar-refractivity contribution in [1.29, 1.82) is 0 Å². The van der Waals surface area contributed by atoms with Crippen molar-refractivity contribution in [3.05, 3.63) is 101 Å². The molecule has 1 aromatic heterocycles. The zero-order chi connectivity index (χ0) is 24.9. The van der Waals surface area contributed by atoms with Gasteiger partial charge in [-0.1, -0.05) is 42.5 Å². The minimum atomic E-state index is -4.53. The summed E-state index contributed by atoms with van der Waals surface area (Å²) in [5.74, 6) is -1.55. The van der Waals surface area contributed by atoms with Crippen LogP contribution in [0.25, 0.3) is 10.9 Å². The third-order valence-electron chi connectivity index (χ3n) is 6.57. The summed E-state index contributed by atoms with van der Waals surface area (Å²) in [5, 5.41) is 3.57. The van der Waals surface area contributed by atoms with Crippen LogP contribution in [0.15, 0.2) is 79.0 Å². The van der Waals surface area contributed by atoms with Gasteiger partial charge in [-0.05, 0) is 35.9 Å². The summed E-state index contributed by atoms with van der Waals surface area (Å²) in [4.78, 5) is 28.6. The van der Waals surface area contributed by atoms with Crippen molar-refractivity contribution in [2.24, 2.45) is 7.05 Å². The van der Waals surface area contributed by atoms with Crippen LogP contribution in [-0.2, 0) is 18.0 Å². The molecule has 4 aromatic rings. The van der Waals surface area contributed by atoms with Crippen molar-refractivity contribution in [1.82, 2.24) is 9.47 Å². The molecule has 1 aliphatic heterocycles. The zero-order valence-electron chi connectivity index (χ0n) is 19.0. The van der Waals surface area contributed by atoms with E-state index in [0.717, 1.165) is 28.6 Å². The Balaban J connectivity index is 1.64. The van der Waals surface area contributed by atoms with E-state index in [1.807, 2.05) is 42.1 Å². The Labute approximate surface area is 199 Å². The summed E-state index contributed by atoms with van der Waals surface area (Å²) in [6.07, 6.45) is -2.63. The predicted molar refractivity (Wildman–Crippen MR) is 127 cm³/mol. The van der Waals surface area contributed by atoms with E-state index in [0.29, 0.717) is 11.1 Å². The third kappa shape index (κ3) is 3.84. The number of para-hydroxylation sites is 1. The lowest BCUT2D eigenvalue weighted by Crippen LogP contribution is -2.44. The van der Waals surface area contributed by atoms with E-state index in [9.17, 15) is 22.8 Å². The van der Waals surface area contributed by atoms with Gasteiger partial charge in [0.2, 0.25) is 5.91 Å². The molecule has 8 heteroatoms. The van der Waals surface area contributed by atoms with Gasteiger partial charge in [0.05, 0.1) is 17.5 Å². The molecule has 0 saturated heterocycles. The van der Waals surface area contributed by atoms with Crippen LogP contribution in [-0.4, -0.2) is 28.3 Å². The van der Waals surface area contributed by atoms with E-state index in [2.05, 4.69) is 5.32 Å². The number of alkyl halides is 3. The second-order valence-electron chi connectivity index (χ2n) is 8.71. The quantitative estimate of drug-likeness (QED) is 0.409. The van der Waals surface area contributed by atoms with E-state index in [1.165, 1.54) is 12.1 Å². The second kappa shape index (κ2) is 8.30. The molecule has 2 amide bonds. The number of likely N-dealkylation sites (N-methyl/N-ethyl adjacent to an activating group) is 1. The standard InChI is InChI=1S/C27H22F3N3O2/c1-32-15-21(18-10-5-6-13-22(18)32)24-23(19-11-3-4-12-20(19)26(35)33(24)2)25(34)31-17-9-7-8-16(14-17)27(28,29)30/h3-15,23-24H,1-2H3,(H,31,34). The Morgan fingerprint density at radius 1 is 0.914 bits per heavy atom. The number of benzene rings is 3. The number of amides is 2. The average molecular weight is 477 g/mol. The highest BCUT2D eigenvalue weighted by Crippen LogP contribution is 2.45. The highest BCUT2D eigenvalue weighted by molar-refractivity contribution is 6.05. The molecule has 0 saturated carbocycles. The number of nitrogens with zero attached hydrogens (tertiary/aromatic N) is 2. The van der Waals surface area contributed by atoms with Gasteiger partial charge in [-0.3, -0.25) is 9.59 Å². The molecule has 0 radical (unpaired) electrons. The minimum absolute atomic E-state index is 0.0403. The van der Waals surface area contributed by atoms with Crippen molar-refractivity contribution >= 4 is 28.4 Å². The number of nitrogens with one attached hydrogen (secondary N) is 1. The fourth-order valence-corrected chi connectivity index (χ4v) is 4.95. The molecule has 1 aliphatic rings. The summed E-state index contributed by atoms with van der Waals surface area (Å²) >= 11 is 0. The summed E-state index contributed by atoms with van der Waals surface area (Å²) in [6, 6.07) is 18.5. The molecule has 3 aromatic carbocycles. The monoisotopic (exact) mass is 477 g/mol. The van der Waals surface area contributed by atoms with E-state index >= 15 is 0 Å². The molecule has 2 unspecified atom stereocenters. The largest absolute Gasteiger partial charge is 0.416 e. The molecule has 0 bridgehead atoms. The first kappa shape index (κ1) is 22.7. The van der Waals surface area contributed by atoms with Gasteiger partial charge in [-0.25, -0.2) is 0 Å². The molecule has 35 heavy (non-hydrogen) atoms. The van der Waals surface area contributed by atoms with Crippen LogP contribution in [0.5, 0.6) is 0 Å². The summed E-state index contributed by atoms with van der Waals surface area (Å²) in [6.45, 7) is 0. The number of carbonyl (C=O) groups excluding carboxylic acids is 2. The van der Waals surface area contributed by atoms with Gasteiger partial charge >= 0.3 is 6.18 Å². The Bertz CT molecular complexity index is 1460. The van der Waals surface area contributed by atoms with Gasteiger partial charge in [-0.2, -0.15) is 13.2 Å². The van der Waals surface area contributed by atoms with Crippen LogP contribution < -0.4 is 5.32 Å². The number of carbonyl (C=O) groups is 2. The van der Waals surface area contributed by atoms with Crippen LogP contribution in [0, 0.1) is 0 Å². The van der Waals surface area contributed by atoms with Gasteiger partial charge in [0.25, 0.3) is 5.91 Å². The van der Waals surface area contributed by atoms with Crippen molar-refractivity contribution < 1.29 is 22.8 Å². The van der Waals surface area contributed by atoms with Crippen LogP contribution in [0.4, 0.5) is 18.9 Å². The Kier molecular flexibility index (Phi) is 5.39. The summed E-state index contributed by atoms with van der Waals surface area (Å²) in [7, 11) is 3.54. The zero-order valence-corrected chi connectivity index (χ0v) is 19.0. The van der Waals surface area contributed by atoms with Crippen LogP contribution in [0.3, 0.4) is 0 Å². The number of anilines is 1. The molecule has 5 nitrogen and oxygen atoms in total. The Hall–Kier alpha value is -4.07. The molecular weight excluding hydrogens is 455 g/mol. The molecule has 0 aliphatic carbocycles. The smallest absolute Gasteiger partial charge is 0.350 e. The molecule has 0 fully saturated rings. The summed E-state index contributed by atoms with van der Waals surface area (Å²) in [5.41, 5.74) is 1.86. The number of rotatable bonds is 3. The summed E-state index contributed by atoms with van der Waals surface area (Å²) < 4.78 is 41.6. The molecule has 0 spiro atoms. The maximum atomic E-state index is 13.7. The van der Waals surface area contributed by atoms with Gasteiger partial charge < -0.3 is 14.8 Å². The number of hydrogen-bond donors (Lipinski definition) is 1. The number of aryl methyl sites for hydroxylation is 1. The molecular formula is C27H22F3N3O2. The topological polar surface area (TPSA) is 54.3 Å². The first-order valence-corrected chi connectivity index (χ1v) is 11.0. The molecule has 2 heterocycles. The number of halogens is 3. The van der Waals surface area contributed by atoms with Crippen LogP contribution in [0.1, 0.15) is 39.0 Å². The predicted octanol–water partition coefficient (Wildman–Crippen LogP) is 5.75. The van der Waals surface area contributed by atoms with E-state index in [1.54, 1.807) is 36.2 Å². The van der Waals surface area contributed by atoms with Gasteiger partial charge in [0, 0.05) is 48.0 Å². The van der Waals surface area contributed by atoms with E-state index < -0.39 is 29.6 Å². The van der Waals surface area contributed by atoms with Crippen LogP contribution in [0.2, 0.25) is 0 Å². The fourth-order valence-electron chi connectivity index (χ4n) is 4.95. The fraction of sp³-hybridized carbons (Fsp3) is 0.185. The molecule has 2 atom stereocenters. The lowest BCUT2D eigenvalue weighted by atomic mass is 9.79. The average Bonchev–Trinajstić information content (AvgIpc) is 3.17. The van der Waals surface area contributed by atoms with E-state index in [4.69, 9.17) is 0 Å². The lowest BCUT2D eigenvalue weighted by molar-refractivity contribution is -0.137. The lowest BCUT2D eigenvalue weighted by Gasteiger charge is -2.39. The van der Waals surface area contributed by atoms with Crippen LogP contribution >= 0.6 is 0 Å². The minimum Gasteiger partial charge on any atom is -0.350 e. The van der Waals surface area contributed by atoms with Gasteiger partial charge in [0.1, 0.15) is 0 Å². The van der Waals surface area contributed by atoms with Gasteiger partial charge in [-0.15, -0.1) is 0 Å². The highest BCUT2D eigenvalue weighted by atomic mass is 19.4. The van der Waals surface area contributed by atoms with Crippen molar-refractivity contribution in [2.75, 3.05) is 12.4 Å². The van der Waals surface area contributed by atoms with Crippen molar-refractivity contribution in [3.63, 3.8) is 0 Å². The van der Waals surface area contributed by atoms with Gasteiger partial charge in [0.15, 0.2) is 0 Å². The number of aromatic nitrogens is 1. The maximum Gasteiger partial charge on any atom is 0.416 e. The first-order valence-electron chi connectivity index (χ1n) is 11.0. The Morgan fingerprint density at radius 2 is 1.63 bits per heavy atom. The SMILES string of the molecule is CN1C(=O)c2ccccc2C(C(=O)Nc2cccc(C(F)(F)F)c2)C1c1cn(C)c2ccccc12. The maximum absolute atomic E-state index is 13.7. The number of hydrogen-bond acceptors (Lipinski definition) is 2. The van der Waals surface area contributed by atoms with Crippen molar-refractivity contribution in [2.45, 2.75) is 18.1 Å². The third-order valence-corrected chi connectivity index (χ3v) is 6.57. The highest BCUT2D eigenvalue weighted by Gasteiger charge is 2.43.